The van der Waals surface area contributed by atoms with E-state index in [1.54, 1.807) is 17.2 Å². The lowest BCUT2D eigenvalue weighted by atomic mass is 9.78. The average molecular weight is 893 g/mol. The molecule has 0 saturated carbocycles. The standard InChI is InChI=1S/C47H47F3N8O5S/c1-28-4-13-40(45(60)53-28)58-23-32-19-34(9-10-35(32)46(58)61)56-26-47(27-56)15-18-55(25-47)16-2-3-29-5-7-30(8-6-29)31-20-36-37(22-52-44(36)51-21-31)43(59)41-38(49)11-12-39(42(41)50)54-64(62,63)57-17-14-33(48)24-57/h5-12,19-22,33,40,54H,1-4,13-18,23-27H2,(H,51,52)(H,53,60)/t33-,40?/m1/s1. The predicted molar refractivity (Wildman–Crippen MR) is 236 cm³/mol. The third kappa shape index (κ3) is 7.72. The number of carbonyl (C=O) groups excluding carboxylic acids is 3. The van der Waals surface area contributed by atoms with Crippen molar-refractivity contribution in [1.29, 1.82) is 0 Å². The zero-order chi connectivity index (χ0) is 44.5. The van der Waals surface area contributed by atoms with Crippen LogP contribution in [0.3, 0.4) is 0 Å². The monoisotopic (exact) mass is 892 g/mol. The molecule has 332 valence electrons. The van der Waals surface area contributed by atoms with Crippen molar-refractivity contribution in [2.24, 2.45) is 5.41 Å². The minimum atomic E-state index is -4.35. The van der Waals surface area contributed by atoms with Crippen LogP contribution in [0.4, 0.5) is 24.5 Å². The number of nitrogens with zero attached hydrogens (tertiary/aromatic N) is 5. The molecule has 0 aliphatic carbocycles. The van der Waals surface area contributed by atoms with Crippen molar-refractivity contribution < 1.29 is 36.0 Å². The summed E-state index contributed by atoms with van der Waals surface area (Å²) in [7, 11) is -4.35. The third-order valence-corrected chi connectivity index (χ3v) is 15.0. The number of aryl methyl sites for hydroxylation is 1. The Hall–Kier alpha value is -6.04. The van der Waals surface area contributed by atoms with E-state index in [2.05, 4.69) is 49.9 Å². The van der Waals surface area contributed by atoms with Crippen molar-refractivity contribution in [1.82, 2.24) is 29.4 Å². The molecule has 3 N–H and O–H groups in total. The molecular weight excluding hydrogens is 846 g/mol. The number of fused-ring (bicyclic) bond motifs is 2. The number of amides is 2. The molecule has 17 heteroatoms. The normalized spacial score (nSPS) is 21.2. The lowest BCUT2D eigenvalue weighted by Gasteiger charge is -2.49. The van der Waals surface area contributed by atoms with E-state index in [1.165, 1.54) is 11.8 Å². The predicted octanol–water partition coefficient (Wildman–Crippen LogP) is 6.33. The number of likely N-dealkylation sites (tertiary alicyclic amines) is 1. The zero-order valence-corrected chi connectivity index (χ0v) is 35.8. The quantitative estimate of drug-likeness (QED) is 0.123. The number of pyridine rings is 1. The van der Waals surface area contributed by atoms with Crippen molar-refractivity contribution >= 4 is 50.2 Å². The maximum absolute atomic E-state index is 15.7. The molecule has 0 bridgehead atoms. The van der Waals surface area contributed by atoms with E-state index in [0.717, 1.165) is 85.2 Å². The Balaban J connectivity index is 0.732. The Morgan fingerprint density at radius 1 is 0.984 bits per heavy atom. The fourth-order valence-corrected chi connectivity index (χ4v) is 11.3. The van der Waals surface area contributed by atoms with Gasteiger partial charge in [0.2, 0.25) is 11.7 Å². The number of alkyl halides is 1. The second kappa shape index (κ2) is 16.2. The van der Waals surface area contributed by atoms with Crippen LogP contribution in [0.25, 0.3) is 22.2 Å². The zero-order valence-electron chi connectivity index (χ0n) is 35.0. The molecule has 5 aromatic rings. The molecule has 7 heterocycles. The number of H-pyrrole nitrogens is 1. The van der Waals surface area contributed by atoms with Gasteiger partial charge in [-0.3, -0.25) is 19.1 Å². The first-order valence-electron chi connectivity index (χ1n) is 21.7. The van der Waals surface area contributed by atoms with Crippen LogP contribution < -0.4 is 14.9 Å². The molecule has 4 fully saturated rings. The van der Waals surface area contributed by atoms with Crippen LogP contribution in [0.15, 0.2) is 85.3 Å². The van der Waals surface area contributed by atoms with Gasteiger partial charge in [0.25, 0.3) is 5.91 Å². The van der Waals surface area contributed by atoms with Gasteiger partial charge < -0.3 is 25.0 Å². The molecule has 4 saturated heterocycles. The van der Waals surface area contributed by atoms with E-state index < -0.39 is 51.1 Å². The number of benzene rings is 3. The minimum absolute atomic E-state index is 0.00716. The van der Waals surface area contributed by atoms with Gasteiger partial charge in [0.05, 0.1) is 11.3 Å². The van der Waals surface area contributed by atoms with Gasteiger partial charge in [-0.25, -0.2) is 18.2 Å². The largest absolute Gasteiger partial charge is 0.370 e. The molecule has 3 aromatic carbocycles. The first-order valence-corrected chi connectivity index (χ1v) is 23.1. The molecule has 64 heavy (non-hydrogen) atoms. The lowest BCUT2D eigenvalue weighted by Crippen LogP contribution is -2.57. The smallest absolute Gasteiger partial charge is 0.301 e. The summed E-state index contributed by atoms with van der Waals surface area (Å²) in [6.45, 7) is 8.86. The number of carbonyl (C=O) groups is 3. The average Bonchev–Trinajstić information content (AvgIpc) is 4.07. The number of rotatable bonds is 12. The van der Waals surface area contributed by atoms with Gasteiger partial charge in [0.15, 0.2) is 5.82 Å². The summed E-state index contributed by atoms with van der Waals surface area (Å²) in [6, 6.07) is 17.1. The fraction of sp³-hybridized carbons (Fsp3) is 0.362. The molecule has 0 radical (unpaired) electrons. The van der Waals surface area contributed by atoms with Crippen LogP contribution >= 0.6 is 0 Å². The second-order valence-corrected chi connectivity index (χ2v) is 19.6. The summed E-state index contributed by atoms with van der Waals surface area (Å²) in [5.41, 5.74) is 5.19. The minimum Gasteiger partial charge on any atom is -0.370 e. The molecular formula is C47H47F3N8O5S. The Morgan fingerprint density at radius 2 is 1.80 bits per heavy atom. The first kappa shape index (κ1) is 41.9. The highest BCUT2D eigenvalue weighted by Crippen LogP contribution is 2.43. The SMILES string of the molecule is C=C1CCC(N2Cc3cc(N4CC5(CCN(CCCc6ccc(-c7cnc8[nH]cc(C(=O)c9c(F)ccc(NS(=O)(=O)N%10CC[C@@H](F)C%10)c9F)c8c7)cc6)C5)C4)ccc3C2=O)C(=O)N1. The Bertz CT molecular complexity index is 2850. The molecule has 5 aliphatic heterocycles. The van der Waals surface area contributed by atoms with Crippen LogP contribution in [0, 0.1) is 17.0 Å². The molecule has 13 nitrogen and oxygen atoms in total. The summed E-state index contributed by atoms with van der Waals surface area (Å²) in [6.07, 6.45) is 5.93. The van der Waals surface area contributed by atoms with E-state index >= 15 is 8.78 Å². The van der Waals surface area contributed by atoms with E-state index in [0.29, 0.717) is 47.2 Å². The molecule has 2 atom stereocenters. The molecule has 1 spiro atoms. The number of ketones is 1. The second-order valence-electron chi connectivity index (χ2n) is 17.9. The number of aromatic amines is 1. The summed E-state index contributed by atoms with van der Waals surface area (Å²) in [5, 5.41) is 3.14. The van der Waals surface area contributed by atoms with Gasteiger partial charge in [0, 0.05) is 90.5 Å². The summed E-state index contributed by atoms with van der Waals surface area (Å²) in [4.78, 5) is 53.5. The molecule has 1 unspecified atom stereocenters. The van der Waals surface area contributed by atoms with Gasteiger partial charge in [-0.1, -0.05) is 30.8 Å². The van der Waals surface area contributed by atoms with E-state index in [9.17, 15) is 27.2 Å². The van der Waals surface area contributed by atoms with Gasteiger partial charge in [-0.15, -0.1) is 0 Å². The number of nitrogens with one attached hydrogen (secondary N) is 3. The number of hydrogen-bond acceptors (Lipinski definition) is 8. The first-order chi connectivity index (χ1) is 30.7. The maximum atomic E-state index is 15.7. The van der Waals surface area contributed by atoms with Crippen molar-refractivity contribution in [3.8, 4) is 11.1 Å². The van der Waals surface area contributed by atoms with Gasteiger partial charge in [-0.05, 0) is 105 Å². The van der Waals surface area contributed by atoms with Crippen molar-refractivity contribution in [3.05, 3.63) is 125 Å². The van der Waals surface area contributed by atoms with Crippen molar-refractivity contribution in [2.75, 3.05) is 55.4 Å². The Morgan fingerprint density at radius 3 is 2.56 bits per heavy atom. The number of aromatic nitrogens is 2. The number of piperidine rings is 1. The maximum Gasteiger partial charge on any atom is 0.301 e. The van der Waals surface area contributed by atoms with Crippen LogP contribution in [0.5, 0.6) is 0 Å². The third-order valence-electron chi connectivity index (χ3n) is 13.5. The van der Waals surface area contributed by atoms with Gasteiger partial charge >= 0.3 is 10.2 Å². The molecule has 2 aromatic heterocycles. The van der Waals surface area contributed by atoms with Crippen LogP contribution in [-0.2, 0) is 28.0 Å². The molecule has 2 amide bonds. The fourth-order valence-electron chi connectivity index (χ4n) is 10.1. The van der Waals surface area contributed by atoms with Crippen molar-refractivity contribution in [2.45, 2.75) is 57.3 Å². The number of halogens is 3. The summed E-state index contributed by atoms with van der Waals surface area (Å²) >= 11 is 0. The van der Waals surface area contributed by atoms with E-state index in [1.807, 2.05) is 29.0 Å². The highest BCUT2D eigenvalue weighted by molar-refractivity contribution is 7.90. The van der Waals surface area contributed by atoms with Crippen LogP contribution in [0.2, 0.25) is 0 Å². The summed E-state index contributed by atoms with van der Waals surface area (Å²) < 4.78 is 73.0. The van der Waals surface area contributed by atoms with Crippen molar-refractivity contribution in [3.63, 3.8) is 0 Å². The molecule has 5 aliphatic rings. The Labute approximate surface area is 368 Å². The topological polar surface area (TPSA) is 151 Å². The lowest BCUT2D eigenvalue weighted by molar-refractivity contribution is -0.126. The van der Waals surface area contributed by atoms with E-state index in [4.69, 9.17) is 0 Å². The van der Waals surface area contributed by atoms with Gasteiger partial charge in [0.1, 0.15) is 23.7 Å². The van der Waals surface area contributed by atoms with Gasteiger partial charge in [-0.2, -0.15) is 12.7 Å². The van der Waals surface area contributed by atoms with Crippen LogP contribution in [-0.4, -0.2) is 108 Å². The number of anilines is 2. The van der Waals surface area contributed by atoms with Crippen LogP contribution in [0.1, 0.15) is 69.5 Å². The number of hydrogen-bond donors (Lipinski definition) is 3. The highest BCUT2D eigenvalue weighted by Gasteiger charge is 2.48. The van der Waals surface area contributed by atoms with E-state index in [-0.39, 0.29) is 42.3 Å². The summed E-state index contributed by atoms with van der Waals surface area (Å²) in [5.74, 6) is -3.78. The molecule has 10 rings (SSSR count). The number of allylic oxidation sites excluding steroid dienone is 1. The highest BCUT2D eigenvalue weighted by atomic mass is 32.2. The Kier molecular flexibility index (Phi) is 10.6.